The van der Waals surface area contributed by atoms with Gasteiger partial charge in [-0.25, -0.2) is 4.39 Å². The monoisotopic (exact) mass is 329 g/mol. The number of carbonyl (C=O) groups excluding carboxylic acids is 1. The molecule has 0 aliphatic heterocycles. The molecular weight excluding hydrogens is 320 g/mol. The van der Waals surface area contributed by atoms with Gasteiger partial charge < -0.3 is 9.30 Å². The van der Waals surface area contributed by atoms with Crippen molar-refractivity contribution in [2.75, 3.05) is 6.61 Å². The second-order valence-corrected chi connectivity index (χ2v) is 4.89. The van der Waals surface area contributed by atoms with Gasteiger partial charge in [0.1, 0.15) is 0 Å². The van der Waals surface area contributed by atoms with Crippen molar-refractivity contribution in [2.45, 2.75) is 0 Å². The molecule has 0 bridgehead atoms. The lowest BCUT2D eigenvalue weighted by Crippen LogP contribution is -2.12. The molecule has 0 fully saturated rings. The summed E-state index contributed by atoms with van der Waals surface area (Å²) in [4.78, 5) is 11.7. The molecule has 0 amide bonds. The smallest absolute Gasteiger partial charge is 0.201 e. The molecule has 0 aliphatic carbocycles. The highest BCUT2D eigenvalue weighted by Crippen LogP contribution is 2.25. The predicted molar refractivity (Wildman–Crippen MR) is 69.3 cm³/mol. The van der Waals surface area contributed by atoms with Crippen molar-refractivity contribution in [3.63, 3.8) is 0 Å². The van der Waals surface area contributed by atoms with Crippen molar-refractivity contribution in [3.8, 4) is 5.75 Å². The predicted octanol–water partition coefficient (Wildman–Crippen LogP) is 3.33. The largest absolute Gasteiger partial charge is 0.482 e. The zero-order valence-corrected chi connectivity index (χ0v) is 11.6. The van der Waals surface area contributed by atoms with Gasteiger partial charge in [0.2, 0.25) is 11.6 Å². The van der Waals surface area contributed by atoms with Crippen molar-refractivity contribution in [1.29, 1.82) is 0 Å². The van der Waals surface area contributed by atoms with E-state index in [1.165, 1.54) is 6.07 Å². The fraction of sp³-hybridized carbons (Fsp3) is 0.154. The highest BCUT2D eigenvalue weighted by atomic mass is 79.9. The summed E-state index contributed by atoms with van der Waals surface area (Å²) in [6.45, 7) is -0.350. The Labute approximate surface area is 116 Å². The highest BCUT2D eigenvalue weighted by molar-refractivity contribution is 9.10. The third-order valence-electron chi connectivity index (χ3n) is 2.47. The first-order valence-electron chi connectivity index (χ1n) is 5.40. The molecule has 2 aromatic rings. The Bertz CT molecular complexity index is 625. The normalized spacial score (nSPS) is 10.5. The average molecular weight is 330 g/mol. The van der Waals surface area contributed by atoms with Crippen LogP contribution in [0.3, 0.4) is 0 Å². The van der Waals surface area contributed by atoms with Crippen molar-refractivity contribution >= 4 is 21.7 Å². The van der Waals surface area contributed by atoms with Crippen molar-refractivity contribution in [2.24, 2.45) is 7.05 Å². The Morgan fingerprint density at radius 2 is 2.16 bits per heavy atom. The SMILES string of the molecule is Cn1ccc(C(=O)COc2cc(Br)cc(F)c2F)c1. The molecular formula is C13H10BrF2NO2. The lowest BCUT2D eigenvalue weighted by atomic mass is 10.2. The Hall–Kier alpha value is -1.69. The van der Waals surface area contributed by atoms with Crippen LogP contribution < -0.4 is 4.74 Å². The summed E-state index contributed by atoms with van der Waals surface area (Å²) < 4.78 is 33.6. The van der Waals surface area contributed by atoms with Gasteiger partial charge in [0, 0.05) is 29.5 Å². The van der Waals surface area contributed by atoms with E-state index in [2.05, 4.69) is 15.9 Å². The van der Waals surface area contributed by atoms with E-state index in [1.807, 2.05) is 0 Å². The van der Waals surface area contributed by atoms with Crippen molar-refractivity contribution in [3.05, 3.63) is 52.3 Å². The van der Waals surface area contributed by atoms with Gasteiger partial charge in [0.25, 0.3) is 0 Å². The molecule has 1 aromatic carbocycles. The Morgan fingerprint density at radius 3 is 2.79 bits per heavy atom. The number of carbonyl (C=O) groups is 1. The number of benzene rings is 1. The van der Waals surface area contributed by atoms with E-state index < -0.39 is 11.6 Å². The number of aryl methyl sites for hydroxylation is 1. The zero-order valence-electron chi connectivity index (χ0n) is 9.99. The number of Topliss-reactive ketones (excluding diaryl/α,β-unsaturated/α-hetero) is 1. The van der Waals surface area contributed by atoms with Crippen LogP contribution >= 0.6 is 15.9 Å². The molecule has 100 valence electrons. The lowest BCUT2D eigenvalue weighted by Gasteiger charge is -2.07. The third kappa shape index (κ3) is 3.20. The molecule has 0 saturated heterocycles. The molecule has 0 atom stereocenters. The van der Waals surface area contributed by atoms with E-state index in [4.69, 9.17) is 4.74 Å². The van der Waals surface area contributed by atoms with Gasteiger partial charge in [-0.2, -0.15) is 4.39 Å². The standard InChI is InChI=1S/C13H10BrF2NO2/c1-17-3-2-8(6-17)11(18)7-19-12-5-9(14)4-10(15)13(12)16/h2-6H,7H2,1H3. The molecule has 0 unspecified atom stereocenters. The van der Waals surface area contributed by atoms with Crippen LogP contribution in [0.5, 0.6) is 5.75 Å². The minimum Gasteiger partial charge on any atom is -0.482 e. The fourth-order valence-corrected chi connectivity index (χ4v) is 1.94. The van der Waals surface area contributed by atoms with Crippen LogP contribution in [-0.2, 0) is 7.05 Å². The van der Waals surface area contributed by atoms with Crippen LogP contribution in [0.2, 0.25) is 0 Å². The number of ketones is 1. The van der Waals surface area contributed by atoms with Crippen LogP contribution in [0.15, 0.2) is 35.1 Å². The Balaban J connectivity index is 2.09. The molecule has 19 heavy (non-hydrogen) atoms. The van der Waals surface area contributed by atoms with Crippen LogP contribution in [0, 0.1) is 11.6 Å². The number of hydrogen-bond donors (Lipinski definition) is 0. The summed E-state index contributed by atoms with van der Waals surface area (Å²) in [6.07, 6.45) is 3.34. The summed E-state index contributed by atoms with van der Waals surface area (Å²) in [5, 5.41) is 0. The Morgan fingerprint density at radius 1 is 1.42 bits per heavy atom. The molecule has 0 N–H and O–H groups in total. The molecule has 6 heteroatoms. The van der Waals surface area contributed by atoms with Gasteiger partial charge in [0.15, 0.2) is 18.2 Å². The molecule has 1 heterocycles. The van der Waals surface area contributed by atoms with E-state index in [9.17, 15) is 13.6 Å². The van der Waals surface area contributed by atoms with Gasteiger partial charge >= 0.3 is 0 Å². The minimum atomic E-state index is -1.11. The summed E-state index contributed by atoms with van der Waals surface area (Å²) in [6, 6.07) is 3.89. The molecule has 3 nitrogen and oxygen atoms in total. The summed E-state index contributed by atoms with van der Waals surface area (Å²) in [5.41, 5.74) is 0.457. The second kappa shape index (κ2) is 5.52. The van der Waals surface area contributed by atoms with Gasteiger partial charge in [-0.1, -0.05) is 15.9 Å². The number of nitrogens with zero attached hydrogens (tertiary/aromatic N) is 1. The molecule has 1 aromatic heterocycles. The number of hydrogen-bond acceptors (Lipinski definition) is 2. The van der Waals surface area contributed by atoms with Crippen LogP contribution in [0.25, 0.3) is 0 Å². The van der Waals surface area contributed by atoms with E-state index in [-0.39, 0.29) is 18.1 Å². The third-order valence-corrected chi connectivity index (χ3v) is 2.93. The van der Waals surface area contributed by atoms with E-state index >= 15 is 0 Å². The molecule has 0 saturated carbocycles. The summed E-state index contributed by atoms with van der Waals surface area (Å²) >= 11 is 3.03. The topological polar surface area (TPSA) is 31.2 Å². The summed E-state index contributed by atoms with van der Waals surface area (Å²) in [7, 11) is 1.78. The number of rotatable bonds is 4. The zero-order chi connectivity index (χ0) is 14.0. The first kappa shape index (κ1) is 13.7. The van der Waals surface area contributed by atoms with Crippen molar-refractivity contribution in [1.82, 2.24) is 4.57 Å². The van der Waals surface area contributed by atoms with Crippen LogP contribution in [0.4, 0.5) is 8.78 Å². The van der Waals surface area contributed by atoms with Crippen molar-refractivity contribution < 1.29 is 18.3 Å². The molecule has 2 rings (SSSR count). The summed E-state index contributed by atoms with van der Waals surface area (Å²) in [5.74, 6) is -2.74. The maximum atomic E-state index is 13.4. The van der Waals surface area contributed by atoms with Gasteiger partial charge in [-0.3, -0.25) is 4.79 Å². The highest BCUT2D eigenvalue weighted by Gasteiger charge is 2.14. The van der Waals surface area contributed by atoms with Gasteiger partial charge in [-0.15, -0.1) is 0 Å². The molecule has 0 spiro atoms. The second-order valence-electron chi connectivity index (χ2n) is 3.98. The van der Waals surface area contributed by atoms with Crippen LogP contribution in [-0.4, -0.2) is 17.0 Å². The quantitative estimate of drug-likeness (QED) is 0.636. The number of ether oxygens (including phenoxy) is 1. The fourth-order valence-electron chi connectivity index (χ4n) is 1.53. The van der Waals surface area contributed by atoms with E-state index in [0.717, 1.165) is 6.07 Å². The average Bonchev–Trinajstić information content (AvgIpc) is 2.78. The Kier molecular flexibility index (Phi) is 3.99. The lowest BCUT2D eigenvalue weighted by molar-refractivity contribution is 0.0918. The van der Waals surface area contributed by atoms with E-state index in [0.29, 0.717) is 10.0 Å². The van der Waals surface area contributed by atoms with E-state index in [1.54, 1.807) is 30.1 Å². The molecule has 0 aliphatic rings. The number of halogens is 3. The first-order chi connectivity index (χ1) is 8.97. The maximum Gasteiger partial charge on any atom is 0.201 e. The van der Waals surface area contributed by atoms with Gasteiger partial charge in [-0.05, 0) is 18.2 Å². The number of aromatic nitrogens is 1. The first-order valence-corrected chi connectivity index (χ1v) is 6.19. The van der Waals surface area contributed by atoms with Gasteiger partial charge in [0.05, 0.1) is 0 Å². The molecule has 0 radical (unpaired) electrons. The maximum absolute atomic E-state index is 13.4. The van der Waals surface area contributed by atoms with Crippen LogP contribution in [0.1, 0.15) is 10.4 Å². The minimum absolute atomic E-state index is 0.295.